The number of ether oxygens (including phenoxy) is 7. The molecule has 0 aliphatic carbocycles. The molecule has 0 amide bonds. The molecule has 144 valence electrons. The summed E-state index contributed by atoms with van der Waals surface area (Å²) in [6, 6.07) is 7.34. The predicted molar refractivity (Wildman–Crippen MR) is 91.0 cm³/mol. The summed E-state index contributed by atoms with van der Waals surface area (Å²) >= 11 is 0. The molecule has 7 nitrogen and oxygen atoms in total. The minimum Gasteiger partial charge on any atom is -0.497 e. The lowest BCUT2D eigenvalue weighted by molar-refractivity contribution is -0.362. The van der Waals surface area contributed by atoms with E-state index in [0.717, 1.165) is 5.75 Å². The van der Waals surface area contributed by atoms with Crippen LogP contribution in [0.3, 0.4) is 0 Å². The smallest absolute Gasteiger partial charge is 0.229 e. The fourth-order valence-corrected chi connectivity index (χ4v) is 3.63. The van der Waals surface area contributed by atoms with Gasteiger partial charge in [0, 0.05) is 0 Å². The lowest BCUT2D eigenvalue weighted by Crippen LogP contribution is -2.64. The fourth-order valence-electron chi connectivity index (χ4n) is 3.63. The van der Waals surface area contributed by atoms with E-state index in [-0.39, 0.29) is 18.3 Å². The minimum absolute atomic E-state index is 0.277. The van der Waals surface area contributed by atoms with Crippen molar-refractivity contribution >= 4 is 0 Å². The molecule has 0 saturated carbocycles. The Morgan fingerprint density at radius 3 is 2.15 bits per heavy atom. The summed E-state index contributed by atoms with van der Waals surface area (Å²) in [5, 5.41) is 0. The lowest BCUT2D eigenvalue weighted by atomic mass is 9.97. The van der Waals surface area contributed by atoms with Crippen LogP contribution in [0.1, 0.15) is 27.7 Å². The molecule has 3 aliphatic heterocycles. The Kier molecular flexibility index (Phi) is 4.40. The van der Waals surface area contributed by atoms with Crippen LogP contribution in [0.15, 0.2) is 24.3 Å². The number of methoxy groups -OCH3 is 1. The van der Waals surface area contributed by atoms with Crippen LogP contribution in [0.2, 0.25) is 0 Å². The Labute approximate surface area is 153 Å². The number of hydrogen-bond acceptors (Lipinski definition) is 7. The highest BCUT2D eigenvalue weighted by molar-refractivity contribution is 5.31. The van der Waals surface area contributed by atoms with Crippen LogP contribution in [-0.2, 0) is 23.7 Å². The van der Waals surface area contributed by atoms with Gasteiger partial charge in [0.25, 0.3) is 0 Å². The van der Waals surface area contributed by atoms with Gasteiger partial charge in [0.1, 0.15) is 29.8 Å². The number of rotatable bonds is 3. The van der Waals surface area contributed by atoms with Crippen LogP contribution in [0, 0.1) is 0 Å². The fraction of sp³-hybridized carbons (Fsp3) is 0.684. The van der Waals surface area contributed by atoms with Crippen LogP contribution < -0.4 is 9.47 Å². The zero-order valence-corrected chi connectivity index (χ0v) is 15.8. The van der Waals surface area contributed by atoms with E-state index in [1.807, 2.05) is 52.0 Å². The van der Waals surface area contributed by atoms with Gasteiger partial charge in [0.2, 0.25) is 6.29 Å². The summed E-state index contributed by atoms with van der Waals surface area (Å²) in [7, 11) is 1.63. The van der Waals surface area contributed by atoms with Gasteiger partial charge in [0.05, 0.1) is 13.7 Å². The first-order chi connectivity index (χ1) is 12.3. The molecular weight excluding hydrogens is 340 g/mol. The number of hydrogen-bond donors (Lipinski definition) is 0. The maximum Gasteiger partial charge on any atom is 0.229 e. The van der Waals surface area contributed by atoms with E-state index in [1.54, 1.807) is 7.11 Å². The van der Waals surface area contributed by atoms with E-state index >= 15 is 0 Å². The van der Waals surface area contributed by atoms with E-state index in [2.05, 4.69) is 0 Å². The van der Waals surface area contributed by atoms with Crippen molar-refractivity contribution in [1.29, 1.82) is 0 Å². The summed E-state index contributed by atoms with van der Waals surface area (Å²) in [4.78, 5) is 0. The third-order valence-electron chi connectivity index (χ3n) is 4.76. The summed E-state index contributed by atoms with van der Waals surface area (Å²) in [6.45, 7) is 7.95. The molecule has 3 heterocycles. The molecule has 5 atom stereocenters. The van der Waals surface area contributed by atoms with Crippen molar-refractivity contribution in [3.8, 4) is 11.5 Å². The summed E-state index contributed by atoms with van der Waals surface area (Å²) < 4.78 is 41.5. The molecule has 7 heteroatoms. The topological polar surface area (TPSA) is 64.6 Å². The maximum absolute atomic E-state index is 6.14. The molecule has 0 bridgehead atoms. The summed E-state index contributed by atoms with van der Waals surface area (Å²) in [5.74, 6) is 0.00693. The summed E-state index contributed by atoms with van der Waals surface area (Å²) in [5.41, 5.74) is 0. The van der Waals surface area contributed by atoms with Crippen LogP contribution in [-0.4, -0.2) is 56.0 Å². The molecule has 3 aliphatic rings. The summed E-state index contributed by atoms with van der Waals surface area (Å²) in [6.07, 6.45) is -1.88. The first kappa shape index (κ1) is 18.0. The predicted octanol–water partition coefficient (Wildman–Crippen LogP) is 2.47. The Balaban J connectivity index is 1.56. The normalized spacial score (nSPS) is 37.5. The SMILES string of the molecule is COc1ccc(O[C@H]2O[C@@H]3COC(C)(C)O[C@H]3[C@@H]3OC(C)(C)O[C@H]23)cc1. The van der Waals surface area contributed by atoms with E-state index in [0.29, 0.717) is 12.4 Å². The second-order valence-corrected chi connectivity index (χ2v) is 7.69. The number of fused-ring (bicyclic) bond motifs is 3. The zero-order valence-electron chi connectivity index (χ0n) is 15.8. The molecule has 3 fully saturated rings. The Morgan fingerprint density at radius 1 is 0.846 bits per heavy atom. The van der Waals surface area contributed by atoms with E-state index in [4.69, 9.17) is 33.2 Å². The standard InChI is InChI=1S/C19H26O7/c1-18(2)21-10-13-14(24-18)15-16(26-19(3,4)25-15)17(23-13)22-12-8-6-11(20-5)7-9-12/h6-9,13-17H,10H2,1-5H3/t13-,14-,15+,16+,17+/m1/s1. The second-order valence-electron chi connectivity index (χ2n) is 7.69. The molecule has 26 heavy (non-hydrogen) atoms. The third-order valence-corrected chi connectivity index (χ3v) is 4.76. The molecule has 0 aromatic heterocycles. The first-order valence-electron chi connectivity index (χ1n) is 8.90. The molecule has 0 spiro atoms. The average molecular weight is 366 g/mol. The van der Waals surface area contributed by atoms with E-state index < -0.39 is 24.0 Å². The van der Waals surface area contributed by atoms with Gasteiger partial charge in [-0.05, 0) is 52.0 Å². The van der Waals surface area contributed by atoms with Crippen molar-refractivity contribution in [2.24, 2.45) is 0 Å². The molecule has 3 saturated heterocycles. The van der Waals surface area contributed by atoms with E-state index in [9.17, 15) is 0 Å². The van der Waals surface area contributed by atoms with Crippen molar-refractivity contribution in [2.75, 3.05) is 13.7 Å². The highest BCUT2D eigenvalue weighted by atomic mass is 16.8. The molecule has 0 unspecified atom stereocenters. The zero-order chi connectivity index (χ0) is 18.5. The van der Waals surface area contributed by atoms with Gasteiger partial charge in [0.15, 0.2) is 17.7 Å². The molecule has 0 radical (unpaired) electrons. The van der Waals surface area contributed by atoms with Gasteiger partial charge in [-0.3, -0.25) is 0 Å². The van der Waals surface area contributed by atoms with Crippen molar-refractivity contribution in [2.45, 2.75) is 70.0 Å². The van der Waals surface area contributed by atoms with Crippen LogP contribution in [0.5, 0.6) is 11.5 Å². The van der Waals surface area contributed by atoms with Gasteiger partial charge < -0.3 is 33.2 Å². The Bertz CT molecular complexity index is 642. The largest absolute Gasteiger partial charge is 0.497 e. The van der Waals surface area contributed by atoms with Gasteiger partial charge in [-0.1, -0.05) is 0 Å². The maximum atomic E-state index is 6.14. The van der Waals surface area contributed by atoms with Gasteiger partial charge in [-0.15, -0.1) is 0 Å². The Morgan fingerprint density at radius 2 is 1.46 bits per heavy atom. The van der Waals surface area contributed by atoms with Gasteiger partial charge in [-0.25, -0.2) is 0 Å². The third kappa shape index (κ3) is 3.42. The molecule has 1 aromatic carbocycles. The minimum atomic E-state index is -0.735. The molecule has 1 aromatic rings. The van der Waals surface area contributed by atoms with Crippen LogP contribution in [0.25, 0.3) is 0 Å². The molecular formula is C19H26O7. The van der Waals surface area contributed by atoms with Crippen molar-refractivity contribution in [3.05, 3.63) is 24.3 Å². The van der Waals surface area contributed by atoms with Crippen molar-refractivity contribution < 1.29 is 33.2 Å². The monoisotopic (exact) mass is 366 g/mol. The molecule has 0 N–H and O–H groups in total. The van der Waals surface area contributed by atoms with Crippen molar-refractivity contribution in [1.82, 2.24) is 0 Å². The van der Waals surface area contributed by atoms with E-state index in [1.165, 1.54) is 0 Å². The van der Waals surface area contributed by atoms with Gasteiger partial charge >= 0.3 is 0 Å². The molecule has 4 rings (SSSR count). The second kappa shape index (κ2) is 6.35. The van der Waals surface area contributed by atoms with Crippen molar-refractivity contribution in [3.63, 3.8) is 0 Å². The highest BCUT2D eigenvalue weighted by Crippen LogP contribution is 2.42. The number of benzene rings is 1. The quantitative estimate of drug-likeness (QED) is 0.814. The lowest BCUT2D eigenvalue weighted by Gasteiger charge is -2.48. The van der Waals surface area contributed by atoms with Crippen LogP contribution in [0.4, 0.5) is 0 Å². The first-order valence-corrected chi connectivity index (χ1v) is 8.90. The average Bonchev–Trinajstić information content (AvgIpc) is 2.92. The van der Waals surface area contributed by atoms with Crippen LogP contribution >= 0.6 is 0 Å². The highest BCUT2D eigenvalue weighted by Gasteiger charge is 2.59. The van der Waals surface area contributed by atoms with Gasteiger partial charge in [-0.2, -0.15) is 0 Å². The Hall–Kier alpha value is -1.38.